The van der Waals surface area contributed by atoms with Gasteiger partial charge in [0.25, 0.3) is 0 Å². The highest BCUT2D eigenvalue weighted by Crippen LogP contribution is 2.23. The first-order valence-corrected chi connectivity index (χ1v) is 6.09. The van der Waals surface area contributed by atoms with Crippen LogP contribution in [0.5, 0.6) is 5.75 Å². The zero-order valence-corrected chi connectivity index (χ0v) is 11.6. The van der Waals surface area contributed by atoms with E-state index in [9.17, 15) is 4.79 Å². The first-order valence-electron chi connectivity index (χ1n) is 6.09. The zero-order valence-electron chi connectivity index (χ0n) is 11.6. The number of hydrogen-bond donors (Lipinski definition) is 2. The van der Waals surface area contributed by atoms with E-state index >= 15 is 0 Å². The van der Waals surface area contributed by atoms with E-state index in [2.05, 4.69) is 10.3 Å². The van der Waals surface area contributed by atoms with Gasteiger partial charge in [0, 0.05) is 6.07 Å². The highest BCUT2D eigenvalue weighted by atomic mass is 16.5. The largest absolute Gasteiger partial charge is 0.497 e. The number of nitrogens with zero attached hydrogens (tertiary/aromatic N) is 1. The standard InChI is InChI=1S/C14H16N2O4/c1-8-9(2)20-13(16-8)7-15-12-6-10(19-3)4-5-11(12)14(17)18/h4-6,15H,7H2,1-3H3,(H,17,18). The van der Waals surface area contributed by atoms with Crippen molar-refractivity contribution in [3.63, 3.8) is 0 Å². The van der Waals surface area contributed by atoms with Crippen molar-refractivity contribution in [1.29, 1.82) is 0 Å². The van der Waals surface area contributed by atoms with Crippen molar-refractivity contribution >= 4 is 11.7 Å². The van der Waals surface area contributed by atoms with Crippen LogP contribution in [0.25, 0.3) is 0 Å². The molecule has 0 bridgehead atoms. The summed E-state index contributed by atoms with van der Waals surface area (Å²) in [7, 11) is 1.53. The van der Waals surface area contributed by atoms with Gasteiger partial charge in [-0.1, -0.05) is 0 Å². The van der Waals surface area contributed by atoms with Gasteiger partial charge in [0.2, 0.25) is 5.89 Å². The molecule has 2 rings (SSSR count). The number of methoxy groups -OCH3 is 1. The molecule has 0 saturated carbocycles. The van der Waals surface area contributed by atoms with E-state index in [1.807, 2.05) is 13.8 Å². The Balaban J connectivity index is 2.20. The molecule has 0 aliphatic carbocycles. The summed E-state index contributed by atoms with van der Waals surface area (Å²) in [6, 6.07) is 4.73. The first-order chi connectivity index (χ1) is 9.51. The Labute approximate surface area is 116 Å². The molecule has 0 saturated heterocycles. The molecular formula is C14H16N2O4. The molecule has 1 aromatic carbocycles. The summed E-state index contributed by atoms with van der Waals surface area (Å²) in [4.78, 5) is 15.4. The number of aromatic carboxylic acids is 1. The molecule has 2 aromatic rings. The molecule has 0 aliphatic heterocycles. The van der Waals surface area contributed by atoms with Crippen LogP contribution < -0.4 is 10.1 Å². The number of ether oxygens (including phenoxy) is 1. The van der Waals surface area contributed by atoms with Crippen molar-refractivity contribution < 1.29 is 19.1 Å². The number of carbonyl (C=O) groups is 1. The summed E-state index contributed by atoms with van der Waals surface area (Å²) in [5.41, 5.74) is 1.46. The van der Waals surface area contributed by atoms with Crippen LogP contribution in [0.3, 0.4) is 0 Å². The van der Waals surface area contributed by atoms with Gasteiger partial charge in [-0.3, -0.25) is 0 Å². The molecule has 0 atom stereocenters. The summed E-state index contributed by atoms with van der Waals surface area (Å²) in [6.07, 6.45) is 0. The van der Waals surface area contributed by atoms with Gasteiger partial charge in [0.15, 0.2) is 0 Å². The number of nitrogens with one attached hydrogen (secondary N) is 1. The highest BCUT2D eigenvalue weighted by Gasteiger charge is 2.12. The molecule has 6 heteroatoms. The van der Waals surface area contributed by atoms with Crippen LogP contribution in [0.15, 0.2) is 22.6 Å². The fraction of sp³-hybridized carbons (Fsp3) is 0.286. The Morgan fingerprint density at radius 3 is 2.75 bits per heavy atom. The van der Waals surface area contributed by atoms with E-state index in [4.69, 9.17) is 14.3 Å². The van der Waals surface area contributed by atoms with Gasteiger partial charge in [-0.2, -0.15) is 0 Å². The Bertz CT molecular complexity index is 615. The third kappa shape index (κ3) is 2.90. The fourth-order valence-corrected chi connectivity index (χ4v) is 1.77. The van der Waals surface area contributed by atoms with Crippen molar-refractivity contribution in [2.45, 2.75) is 20.4 Å². The van der Waals surface area contributed by atoms with E-state index in [1.54, 1.807) is 12.1 Å². The molecule has 20 heavy (non-hydrogen) atoms. The predicted octanol–water partition coefficient (Wildman–Crippen LogP) is 2.61. The molecule has 0 spiro atoms. The minimum atomic E-state index is -1.00. The Morgan fingerprint density at radius 2 is 2.20 bits per heavy atom. The lowest BCUT2D eigenvalue weighted by molar-refractivity contribution is 0.0698. The van der Waals surface area contributed by atoms with Gasteiger partial charge in [-0.25, -0.2) is 9.78 Å². The van der Waals surface area contributed by atoms with Crippen LogP contribution in [0.4, 0.5) is 5.69 Å². The average Bonchev–Trinajstić information content (AvgIpc) is 2.75. The normalized spacial score (nSPS) is 10.3. The number of oxazole rings is 1. The van der Waals surface area contributed by atoms with Crippen molar-refractivity contribution in [2.24, 2.45) is 0 Å². The first kappa shape index (κ1) is 13.9. The number of carboxylic acid groups (broad SMARTS) is 1. The second-order valence-electron chi connectivity index (χ2n) is 4.32. The second kappa shape index (κ2) is 5.64. The van der Waals surface area contributed by atoms with Crippen molar-refractivity contribution in [3.05, 3.63) is 41.1 Å². The van der Waals surface area contributed by atoms with Crippen molar-refractivity contribution in [2.75, 3.05) is 12.4 Å². The van der Waals surface area contributed by atoms with Crippen LogP contribution in [0, 0.1) is 13.8 Å². The monoisotopic (exact) mass is 276 g/mol. The van der Waals surface area contributed by atoms with Gasteiger partial charge in [-0.15, -0.1) is 0 Å². The Hall–Kier alpha value is -2.50. The van der Waals surface area contributed by atoms with E-state index in [0.717, 1.165) is 11.5 Å². The molecule has 1 heterocycles. The average molecular weight is 276 g/mol. The number of rotatable bonds is 5. The lowest BCUT2D eigenvalue weighted by Gasteiger charge is -2.09. The molecule has 0 fully saturated rings. The van der Waals surface area contributed by atoms with Crippen LogP contribution in [-0.2, 0) is 6.54 Å². The van der Waals surface area contributed by atoms with Gasteiger partial charge >= 0.3 is 5.97 Å². The van der Waals surface area contributed by atoms with Gasteiger partial charge < -0.3 is 19.6 Å². The topological polar surface area (TPSA) is 84.6 Å². The fourth-order valence-electron chi connectivity index (χ4n) is 1.77. The number of anilines is 1. The summed E-state index contributed by atoms with van der Waals surface area (Å²) < 4.78 is 10.5. The molecule has 106 valence electrons. The maximum Gasteiger partial charge on any atom is 0.337 e. The number of aromatic nitrogens is 1. The van der Waals surface area contributed by atoms with Crippen LogP contribution in [0.2, 0.25) is 0 Å². The van der Waals surface area contributed by atoms with Crippen LogP contribution in [0.1, 0.15) is 27.7 Å². The Kier molecular flexibility index (Phi) is 3.93. The van der Waals surface area contributed by atoms with Gasteiger partial charge in [0.05, 0.1) is 30.6 Å². The van der Waals surface area contributed by atoms with Gasteiger partial charge in [0.1, 0.15) is 11.5 Å². The number of carboxylic acids is 1. The molecule has 2 N–H and O–H groups in total. The van der Waals surface area contributed by atoms with Crippen LogP contribution in [-0.4, -0.2) is 23.2 Å². The third-order valence-corrected chi connectivity index (χ3v) is 2.96. The SMILES string of the molecule is COc1ccc(C(=O)O)c(NCc2nc(C)c(C)o2)c1. The summed E-state index contributed by atoms with van der Waals surface area (Å²) in [6.45, 7) is 4.00. The number of aryl methyl sites for hydroxylation is 2. The maximum absolute atomic E-state index is 11.2. The molecule has 1 aromatic heterocycles. The van der Waals surface area contributed by atoms with Crippen LogP contribution >= 0.6 is 0 Å². The molecule has 0 aliphatic rings. The molecule has 0 amide bonds. The number of benzene rings is 1. The lowest BCUT2D eigenvalue weighted by atomic mass is 10.1. The number of hydrogen-bond acceptors (Lipinski definition) is 5. The Morgan fingerprint density at radius 1 is 1.45 bits per heavy atom. The molecule has 0 unspecified atom stereocenters. The quantitative estimate of drug-likeness (QED) is 0.873. The minimum absolute atomic E-state index is 0.172. The van der Waals surface area contributed by atoms with Crippen molar-refractivity contribution in [3.8, 4) is 5.75 Å². The molecular weight excluding hydrogens is 260 g/mol. The van der Waals surface area contributed by atoms with E-state index < -0.39 is 5.97 Å². The summed E-state index contributed by atoms with van der Waals surface area (Å²) in [5, 5.41) is 12.2. The van der Waals surface area contributed by atoms with Gasteiger partial charge in [-0.05, 0) is 26.0 Å². The van der Waals surface area contributed by atoms with E-state index in [0.29, 0.717) is 23.9 Å². The smallest absolute Gasteiger partial charge is 0.337 e. The van der Waals surface area contributed by atoms with E-state index in [-0.39, 0.29) is 5.56 Å². The summed E-state index contributed by atoms with van der Waals surface area (Å²) >= 11 is 0. The molecule has 0 radical (unpaired) electrons. The maximum atomic E-state index is 11.2. The minimum Gasteiger partial charge on any atom is -0.497 e. The summed E-state index contributed by atoms with van der Waals surface area (Å²) in [5.74, 6) is 0.845. The highest BCUT2D eigenvalue weighted by molar-refractivity contribution is 5.94. The van der Waals surface area contributed by atoms with Crippen molar-refractivity contribution in [1.82, 2.24) is 4.98 Å². The lowest BCUT2D eigenvalue weighted by Crippen LogP contribution is -2.07. The second-order valence-corrected chi connectivity index (χ2v) is 4.32. The molecule has 6 nitrogen and oxygen atoms in total. The predicted molar refractivity (Wildman–Crippen MR) is 73.3 cm³/mol. The zero-order chi connectivity index (χ0) is 14.7. The van der Waals surface area contributed by atoms with E-state index in [1.165, 1.54) is 13.2 Å². The third-order valence-electron chi connectivity index (χ3n) is 2.96.